The average Bonchev–Trinajstić information content (AvgIpc) is 2.41. The lowest BCUT2D eigenvalue weighted by Gasteiger charge is -2.28. The van der Waals surface area contributed by atoms with Gasteiger partial charge in [0.15, 0.2) is 11.6 Å². The lowest BCUT2D eigenvalue weighted by Crippen LogP contribution is -2.32. The SMILES string of the molecule is CNC1CCC(OCc2ccc(F)c(F)c2)CC1. The summed E-state index contributed by atoms with van der Waals surface area (Å²) in [4.78, 5) is 0. The fourth-order valence-corrected chi connectivity index (χ4v) is 2.36. The second-order valence-electron chi connectivity index (χ2n) is 4.82. The summed E-state index contributed by atoms with van der Waals surface area (Å²) in [5.74, 6) is -1.62. The molecule has 2 rings (SSSR count). The highest BCUT2D eigenvalue weighted by Gasteiger charge is 2.20. The van der Waals surface area contributed by atoms with E-state index in [9.17, 15) is 8.78 Å². The Morgan fingerprint density at radius 1 is 1.17 bits per heavy atom. The third kappa shape index (κ3) is 3.50. The van der Waals surface area contributed by atoms with Gasteiger partial charge in [-0.3, -0.25) is 0 Å². The molecule has 1 aromatic rings. The highest BCUT2D eigenvalue weighted by Crippen LogP contribution is 2.22. The molecule has 1 fully saturated rings. The first-order chi connectivity index (χ1) is 8.69. The van der Waals surface area contributed by atoms with E-state index < -0.39 is 11.6 Å². The predicted molar refractivity (Wildman–Crippen MR) is 66.3 cm³/mol. The second-order valence-corrected chi connectivity index (χ2v) is 4.82. The number of hydrogen-bond acceptors (Lipinski definition) is 2. The molecule has 0 saturated heterocycles. The van der Waals surface area contributed by atoms with E-state index in [0.29, 0.717) is 18.2 Å². The highest BCUT2D eigenvalue weighted by molar-refractivity contribution is 5.16. The lowest BCUT2D eigenvalue weighted by atomic mass is 9.93. The molecule has 0 heterocycles. The molecule has 0 radical (unpaired) electrons. The second kappa shape index (κ2) is 6.25. The highest BCUT2D eigenvalue weighted by atomic mass is 19.2. The van der Waals surface area contributed by atoms with Crippen LogP contribution in [0.25, 0.3) is 0 Å². The van der Waals surface area contributed by atoms with Gasteiger partial charge in [0.2, 0.25) is 0 Å². The van der Waals surface area contributed by atoms with Gasteiger partial charge in [0.25, 0.3) is 0 Å². The summed E-state index contributed by atoms with van der Waals surface area (Å²) in [5.41, 5.74) is 0.685. The molecule has 0 spiro atoms. The van der Waals surface area contributed by atoms with E-state index >= 15 is 0 Å². The van der Waals surface area contributed by atoms with E-state index in [2.05, 4.69) is 5.32 Å². The monoisotopic (exact) mass is 255 g/mol. The van der Waals surface area contributed by atoms with Gasteiger partial charge in [-0.25, -0.2) is 8.78 Å². The van der Waals surface area contributed by atoms with Crippen LogP contribution in [0, 0.1) is 11.6 Å². The quantitative estimate of drug-likeness (QED) is 0.893. The van der Waals surface area contributed by atoms with Crippen LogP contribution in [0.5, 0.6) is 0 Å². The van der Waals surface area contributed by atoms with Gasteiger partial charge in [0, 0.05) is 6.04 Å². The van der Waals surface area contributed by atoms with Crippen molar-refractivity contribution in [3.8, 4) is 0 Å². The first-order valence-electron chi connectivity index (χ1n) is 6.42. The number of rotatable bonds is 4. The molecular weight excluding hydrogens is 236 g/mol. The number of ether oxygens (including phenoxy) is 1. The number of halogens is 2. The van der Waals surface area contributed by atoms with E-state index in [1.54, 1.807) is 6.07 Å². The minimum atomic E-state index is -0.812. The Kier molecular flexibility index (Phi) is 4.66. The minimum Gasteiger partial charge on any atom is -0.374 e. The molecule has 0 bridgehead atoms. The van der Waals surface area contributed by atoms with Crippen LogP contribution >= 0.6 is 0 Å². The first-order valence-corrected chi connectivity index (χ1v) is 6.42. The van der Waals surface area contributed by atoms with Crippen LogP contribution in [0.3, 0.4) is 0 Å². The van der Waals surface area contributed by atoms with Crippen LogP contribution in [0.2, 0.25) is 0 Å². The van der Waals surface area contributed by atoms with Gasteiger partial charge in [-0.15, -0.1) is 0 Å². The Bertz CT molecular complexity index is 389. The van der Waals surface area contributed by atoms with E-state index in [1.807, 2.05) is 7.05 Å². The van der Waals surface area contributed by atoms with Gasteiger partial charge >= 0.3 is 0 Å². The minimum absolute atomic E-state index is 0.239. The standard InChI is InChI=1S/C14H19F2NO/c1-17-11-3-5-12(6-4-11)18-9-10-2-7-13(15)14(16)8-10/h2,7-8,11-12,17H,3-6,9H2,1H3. The Morgan fingerprint density at radius 3 is 2.50 bits per heavy atom. The van der Waals surface area contributed by atoms with E-state index in [-0.39, 0.29) is 6.10 Å². The van der Waals surface area contributed by atoms with Crippen LogP contribution in [-0.2, 0) is 11.3 Å². The van der Waals surface area contributed by atoms with Crippen LogP contribution < -0.4 is 5.32 Å². The molecular formula is C14H19F2NO. The molecule has 1 aliphatic carbocycles. The van der Waals surface area contributed by atoms with Gasteiger partial charge in [0.05, 0.1) is 12.7 Å². The van der Waals surface area contributed by atoms with Gasteiger partial charge in [-0.2, -0.15) is 0 Å². The van der Waals surface area contributed by atoms with Crippen molar-refractivity contribution in [1.82, 2.24) is 5.32 Å². The molecule has 0 aliphatic heterocycles. The fourth-order valence-electron chi connectivity index (χ4n) is 2.36. The van der Waals surface area contributed by atoms with Crippen molar-refractivity contribution in [1.29, 1.82) is 0 Å². The molecule has 1 N–H and O–H groups in total. The maximum Gasteiger partial charge on any atom is 0.159 e. The maximum absolute atomic E-state index is 13.0. The van der Waals surface area contributed by atoms with Crippen molar-refractivity contribution in [2.75, 3.05) is 7.05 Å². The molecule has 0 amide bonds. The van der Waals surface area contributed by atoms with Crippen molar-refractivity contribution in [2.24, 2.45) is 0 Å². The summed E-state index contributed by atoms with van der Waals surface area (Å²) < 4.78 is 31.5. The molecule has 0 unspecified atom stereocenters. The summed E-state index contributed by atoms with van der Waals surface area (Å²) in [7, 11) is 1.98. The van der Waals surface area contributed by atoms with E-state index in [4.69, 9.17) is 4.74 Å². The van der Waals surface area contributed by atoms with Crippen LogP contribution in [-0.4, -0.2) is 19.2 Å². The molecule has 18 heavy (non-hydrogen) atoms. The van der Waals surface area contributed by atoms with Crippen molar-refractivity contribution >= 4 is 0 Å². The summed E-state index contributed by atoms with van der Waals surface area (Å²) in [6.45, 7) is 0.353. The molecule has 2 nitrogen and oxygen atoms in total. The van der Waals surface area contributed by atoms with Crippen LogP contribution in [0.15, 0.2) is 18.2 Å². The number of benzene rings is 1. The van der Waals surface area contributed by atoms with Gasteiger partial charge in [-0.05, 0) is 50.4 Å². The lowest BCUT2D eigenvalue weighted by molar-refractivity contribution is 0.0117. The maximum atomic E-state index is 13.0. The van der Waals surface area contributed by atoms with Gasteiger partial charge in [-0.1, -0.05) is 6.07 Å². The topological polar surface area (TPSA) is 21.3 Å². The first kappa shape index (κ1) is 13.4. The summed E-state index contributed by atoms with van der Waals surface area (Å²) in [6, 6.07) is 4.51. The van der Waals surface area contributed by atoms with Crippen molar-refractivity contribution in [2.45, 2.75) is 44.4 Å². The zero-order chi connectivity index (χ0) is 13.0. The van der Waals surface area contributed by atoms with E-state index in [1.165, 1.54) is 6.07 Å². The summed E-state index contributed by atoms with van der Waals surface area (Å²) in [6.07, 6.45) is 4.50. The Balaban J connectivity index is 1.79. The largest absolute Gasteiger partial charge is 0.374 e. The average molecular weight is 255 g/mol. The zero-order valence-corrected chi connectivity index (χ0v) is 10.6. The van der Waals surface area contributed by atoms with Crippen LogP contribution in [0.1, 0.15) is 31.2 Å². The third-order valence-corrected chi connectivity index (χ3v) is 3.55. The smallest absolute Gasteiger partial charge is 0.159 e. The summed E-state index contributed by atoms with van der Waals surface area (Å²) in [5, 5.41) is 3.27. The van der Waals surface area contributed by atoms with Crippen molar-refractivity contribution in [3.63, 3.8) is 0 Å². The van der Waals surface area contributed by atoms with Gasteiger partial charge < -0.3 is 10.1 Å². The van der Waals surface area contributed by atoms with Gasteiger partial charge in [0.1, 0.15) is 0 Å². The number of nitrogens with one attached hydrogen (secondary N) is 1. The molecule has 0 atom stereocenters. The predicted octanol–water partition coefficient (Wildman–Crippen LogP) is 3.01. The summed E-state index contributed by atoms with van der Waals surface area (Å²) >= 11 is 0. The Morgan fingerprint density at radius 2 is 1.89 bits per heavy atom. The number of hydrogen-bond donors (Lipinski definition) is 1. The third-order valence-electron chi connectivity index (χ3n) is 3.55. The van der Waals surface area contributed by atoms with Crippen molar-refractivity contribution < 1.29 is 13.5 Å². The van der Waals surface area contributed by atoms with Crippen molar-refractivity contribution in [3.05, 3.63) is 35.4 Å². The molecule has 1 aromatic carbocycles. The molecule has 1 aliphatic rings. The normalized spacial score (nSPS) is 24.2. The zero-order valence-electron chi connectivity index (χ0n) is 10.6. The fraction of sp³-hybridized carbons (Fsp3) is 0.571. The molecule has 100 valence electrons. The molecule has 0 aromatic heterocycles. The Labute approximate surface area is 106 Å². The Hall–Kier alpha value is -1.00. The molecule has 1 saturated carbocycles. The van der Waals surface area contributed by atoms with Crippen LogP contribution in [0.4, 0.5) is 8.78 Å². The van der Waals surface area contributed by atoms with E-state index in [0.717, 1.165) is 31.7 Å². The molecule has 4 heteroatoms.